The Bertz CT molecular complexity index is 447. The number of rotatable bonds is 2. The number of benzene rings is 1. The lowest BCUT2D eigenvalue weighted by Crippen LogP contribution is -2.25. The van der Waals surface area contributed by atoms with Crippen molar-refractivity contribution in [1.29, 1.82) is 0 Å². The molecule has 1 fully saturated rings. The molecule has 84 valence electrons. The molecule has 1 heterocycles. The van der Waals surface area contributed by atoms with Crippen LogP contribution in [-0.4, -0.2) is 17.7 Å². The third kappa shape index (κ3) is 2.06. The van der Waals surface area contributed by atoms with Gasteiger partial charge in [0.25, 0.3) is 0 Å². The number of nitrogens with zero attached hydrogens (tertiary/aromatic N) is 1. The highest BCUT2D eigenvalue weighted by atomic mass is 35.5. The van der Waals surface area contributed by atoms with Crippen LogP contribution in [0.4, 0.5) is 5.69 Å². The molecule has 1 aromatic rings. The topological polar surface area (TPSA) is 37.4 Å². The van der Waals surface area contributed by atoms with E-state index in [2.05, 4.69) is 0 Å². The molecule has 2 rings (SSSR count). The van der Waals surface area contributed by atoms with Gasteiger partial charge in [0.1, 0.15) is 0 Å². The Kier molecular flexibility index (Phi) is 3.17. The molecule has 1 amide bonds. The van der Waals surface area contributed by atoms with Crippen LogP contribution in [0, 0.1) is 5.92 Å². The van der Waals surface area contributed by atoms with Crippen molar-refractivity contribution < 1.29 is 9.59 Å². The Hall–Kier alpha value is -1.06. The molecule has 0 radical (unpaired) electrons. The van der Waals surface area contributed by atoms with E-state index in [0.29, 0.717) is 17.3 Å². The number of carbonyl (C=O) groups excluding carboxylic acids is 2. The van der Waals surface area contributed by atoms with Crippen LogP contribution >= 0.6 is 23.2 Å². The average molecular weight is 258 g/mol. The predicted molar refractivity (Wildman–Crippen MR) is 62.8 cm³/mol. The van der Waals surface area contributed by atoms with E-state index in [1.54, 1.807) is 24.3 Å². The monoisotopic (exact) mass is 257 g/mol. The first-order chi connectivity index (χ1) is 7.59. The number of hydrogen-bond donors (Lipinski definition) is 0. The Morgan fingerprint density at radius 1 is 1.38 bits per heavy atom. The van der Waals surface area contributed by atoms with Crippen molar-refractivity contribution in [1.82, 2.24) is 0 Å². The van der Waals surface area contributed by atoms with Crippen LogP contribution in [0.3, 0.4) is 0 Å². The van der Waals surface area contributed by atoms with Crippen LogP contribution in [0.1, 0.15) is 6.42 Å². The van der Waals surface area contributed by atoms with Gasteiger partial charge in [-0.1, -0.05) is 23.7 Å². The standard InChI is InChI=1S/C11H9Cl2NO2/c12-8-3-1-2-4-9(8)14-6-7(11(13)16)5-10(14)15/h1-4,7H,5-6H2/t7-/m0/s1. The second-order valence-electron chi connectivity index (χ2n) is 3.66. The maximum absolute atomic E-state index is 11.7. The smallest absolute Gasteiger partial charge is 0.227 e. The summed E-state index contributed by atoms with van der Waals surface area (Å²) in [7, 11) is 0. The fourth-order valence-electron chi connectivity index (χ4n) is 1.76. The fourth-order valence-corrected chi connectivity index (χ4v) is 2.15. The van der Waals surface area contributed by atoms with E-state index in [1.165, 1.54) is 4.90 Å². The molecule has 0 aromatic heterocycles. The highest BCUT2D eigenvalue weighted by Crippen LogP contribution is 2.31. The van der Waals surface area contributed by atoms with Gasteiger partial charge in [0, 0.05) is 13.0 Å². The van der Waals surface area contributed by atoms with Crippen molar-refractivity contribution >= 4 is 40.0 Å². The summed E-state index contributed by atoms with van der Waals surface area (Å²) >= 11 is 11.4. The SMILES string of the molecule is O=C(Cl)[C@H]1CC(=O)N(c2ccccc2Cl)C1. The molecule has 0 saturated carbocycles. The zero-order valence-corrected chi connectivity index (χ0v) is 9.83. The Labute approximate surface area is 103 Å². The van der Waals surface area contributed by atoms with Crippen molar-refractivity contribution in [3.05, 3.63) is 29.3 Å². The summed E-state index contributed by atoms with van der Waals surface area (Å²) in [6.45, 7) is 0.310. The minimum absolute atomic E-state index is 0.118. The van der Waals surface area contributed by atoms with Crippen molar-refractivity contribution in [2.24, 2.45) is 5.92 Å². The third-order valence-electron chi connectivity index (χ3n) is 2.59. The van der Waals surface area contributed by atoms with E-state index in [0.717, 1.165) is 0 Å². The number of hydrogen-bond acceptors (Lipinski definition) is 2. The largest absolute Gasteiger partial charge is 0.310 e. The summed E-state index contributed by atoms with van der Waals surface area (Å²) in [6, 6.07) is 7.04. The van der Waals surface area contributed by atoms with Crippen LogP contribution in [0.5, 0.6) is 0 Å². The molecule has 1 aliphatic heterocycles. The van der Waals surface area contributed by atoms with Crippen LogP contribution in [0.2, 0.25) is 5.02 Å². The fraction of sp³-hybridized carbons (Fsp3) is 0.273. The molecule has 1 saturated heterocycles. The van der Waals surface area contributed by atoms with Gasteiger partial charge in [0.15, 0.2) is 0 Å². The second-order valence-corrected chi connectivity index (χ2v) is 4.44. The normalized spacial score (nSPS) is 20.2. The number of amides is 1. The molecule has 16 heavy (non-hydrogen) atoms. The summed E-state index contributed by atoms with van der Waals surface area (Å²) in [5.74, 6) is -0.544. The molecule has 0 N–H and O–H groups in total. The van der Waals surface area contributed by atoms with Crippen LogP contribution < -0.4 is 4.90 Å². The number of anilines is 1. The van der Waals surface area contributed by atoms with Gasteiger partial charge in [0.05, 0.1) is 16.6 Å². The molecule has 1 aliphatic rings. The summed E-state index contributed by atoms with van der Waals surface area (Å²) in [4.78, 5) is 24.2. The lowest BCUT2D eigenvalue weighted by molar-refractivity contribution is -0.120. The van der Waals surface area contributed by atoms with Crippen molar-refractivity contribution in [3.8, 4) is 0 Å². The zero-order valence-electron chi connectivity index (χ0n) is 8.32. The summed E-state index contributed by atoms with van der Waals surface area (Å²) in [6.07, 6.45) is 0.160. The average Bonchev–Trinajstić information content (AvgIpc) is 2.61. The maximum atomic E-state index is 11.7. The van der Waals surface area contributed by atoms with E-state index in [1.807, 2.05) is 0 Å². The van der Waals surface area contributed by atoms with Crippen molar-refractivity contribution in [2.75, 3.05) is 11.4 Å². The van der Waals surface area contributed by atoms with Crippen molar-refractivity contribution in [2.45, 2.75) is 6.42 Å². The molecular formula is C11H9Cl2NO2. The van der Waals surface area contributed by atoms with Crippen LogP contribution in [0.25, 0.3) is 0 Å². The molecule has 0 aliphatic carbocycles. The van der Waals surface area contributed by atoms with Gasteiger partial charge < -0.3 is 4.90 Å². The van der Waals surface area contributed by atoms with E-state index in [9.17, 15) is 9.59 Å². The molecule has 1 atom stereocenters. The van der Waals surface area contributed by atoms with Gasteiger partial charge in [-0.05, 0) is 23.7 Å². The van der Waals surface area contributed by atoms with Gasteiger partial charge in [-0.3, -0.25) is 9.59 Å². The van der Waals surface area contributed by atoms with Gasteiger partial charge in [-0.15, -0.1) is 0 Å². The van der Waals surface area contributed by atoms with Crippen LogP contribution in [-0.2, 0) is 9.59 Å². The predicted octanol–water partition coefficient (Wildman–Crippen LogP) is 2.46. The first-order valence-corrected chi connectivity index (χ1v) is 5.59. The first kappa shape index (κ1) is 11.4. The summed E-state index contributed by atoms with van der Waals surface area (Å²) in [5.41, 5.74) is 0.634. The summed E-state index contributed by atoms with van der Waals surface area (Å²) in [5, 5.41) is 0.0291. The Morgan fingerprint density at radius 3 is 2.62 bits per heavy atom. The molecule has 3 nitrogen and oxygen atoms in total. The molecule has 0 spiro atoms. The minimum atomic E-state index is -0.470. The second kappa shape index (κ2) is 4.44. The summed E-state index contributed by atoms with van der Waals surface area (Å²) < 4.78 is 0. The molecule has 5 heteroatoms. The Morgan fingerprint density at radius 2 is 2.06 bits per heavy atom. The third-order valence-corrected chi connectivity index (χ3v) is 3.22. The highest BCUT2D eigenvalue weighted by Gasteiger charge is 2.34. The van der Waals surface area contributed by atoms with Gasteiger partial charge in [0.2, 0.25) is 11.1 Å². The quantitative estimate of drug-likeness (QED) is 0.764. The van der Waals surface area contributed by atoms with Gasteiger partial charge >= 0.3 is 0 Å². The minimum Gasteiger partial charge on any atom is -0.310 e. The van der Waals surface area contributed by atoms with E-state index in [-0.39, 0.29) is 12.3 Å². The van der Waals surface area contributed by atoms with Gasteiger partial charge in [-0.2, -0.15) is 0 Å². The first-order valence-electron chi connectivity index (χ1n) is 4.84. The molecule has 1 aromatic carbocycles. The number of carbonyl (C=O) groups is 2. The van der Waals surface area contributed by atoms with Gasteiger partial charge in [-0.25, -0.2) is 0 Å². The van der Waals surface area contributed by atoms with Crippen LogP contribution in [0.15, 0.2) is 24.3 Å². The number of para-hydroxylation sites is 1. The maximum Gasteiger partial charge on any atom is 0.227 e. The molecule has 0 bridgehead atoms. The van der Waals surface area contributed by atoms with E-state index >= 15 is 0 Å². The number of halogens is 2. The highest BCUT2D eigenvalue weighted by molar-refractivity contribution is 6.64. The lowest BCUT2D eigenvalue weighted by Gasteiger charge is -2.17. The molecule has 0 unspecified atom stereocenters. The molecular weight excluding hydrogens is 249 g/mol. The zero-order chi connectivity index (χ0) is 11.7. The Balaban J connectivity index is 2.27. The van der Waals surface area contributed by atoms with Crippen molar-refractivity contribution in [3.63, 3.8) is 0 Å². The van der Waals surface area contributed by atoms with E-state index < -0.39 is 11.2 Å². The lowest BCUT2D eigenvalue weighted by atomic mass is 10.1. The van der Waals surface area contributed by atoms with E-state index in [4.69, 9.17) is 23.2 Å².